The van der Waals surface area contributed by atoms with Crippen molar-refractivity contribution in [3.8, 4) is 0 Å². The Morgan fingerprint density at radius 3 is 2.77 bits per heavy atom. The number of halogens is 1. The van der Waals surface area contributed by atoms with Crippen molar-refractivity contribution in [3.05, 3.63) is 64.1 Å². The molecule has 4 rings (SSSR count). The molecule has 0 unspecified atom stereocenters. The number of nitrogens with zero attached hydrogens (tertiary/aromatic N) is 3. The van der Waals surface area contributed by atoms with Crippen molar-refractivity contribution in [2.75, 3.05) is 11.4 Å². The predicted molar refractivity (Wildman–Crippen MR) is 101 cm³/mol. The predicted octanol–water partition coefficient (Wildman–Crippen LogP) is 3.96. The smallest absolute Gasteiger partial charge is 0.277 e. The van der Waals surface area contributed by atoms with Crippen LogP contribution in [-0.2, 0) is 12.8 Å². The van der Waals surface area contributed by atoms with E-state index in [-0.39, 0.29) is 11.7 Å². The molecule has 0 spiro atoms. The van der Waals surface area contributed by atoms with Crippen LogP contribution in [0.15, 0.2) is 36.5 Å². The fourth-order valence-electron chi connectivity index (χ4n) is 3.50. The molecule has 132 valence electrons. The van der Waals surface area contributed by atoms with Gasteiger partial charge < -0.3 is 4.90 Å². The van der Waals surface area contributed by atoms with Crippen LogP contribution in [0.4, 0.5) is 5.69 Å². The highest BCUT2D eigenvalue weighted by Crippen LogP contribution is 2.31. The van der Waals surface area contributed by atoms with Gasteiger partial charge in [-0.25, -0.2) is 4.98 Å². The fraction of sp³-hybridized carbons (Fsp3) is 0.250. The number of anilines is 1. The summed E-state index contributed by atoms with van der Waals surface area (Å²) in [4.78, 5) is 31.3. The van der Waals surface area contributed by atoms with Gasteiger partial charge in [-0.05, 0) is 49.6 Å². The fourth-order valence-corrected chi connectivity index (χ4v) is 3.66. The number of hydrogen-bond donors (Lipinski definition) is 0. The highest BCUT2D eigenvalue weighted by atomic mass is 35.5. The number of amides is 1. The van der Waals surface area contributed by atoms with Gasteiger partial charge in [0.1, 0.15) is 11.3 Å². The van der Waals surface area contributed by atoms with Crippen molar-refractivity contribution < 1.29 is 9.59 Å². The first-order chi connectivity index (χ1) is 12.5. The van der Waals surface area contributed by atoms with E-state index < -0.39 is 0 Å². The molecular formula is C20H18ClN3O2. The normalized spacial score (nSPS) is 13.3. The average Bonchev–Trinajstić information content (AvgIpc) is 3.20. The van der Waals surface area contributed by atoms with Gasteiger partial charge in [-0.2, -0.15) is 0 Å². The van der Waals surface area contributed by atoms with Crippen molar-refractivity contribution in [1.29, 1.82) is 0 Å². The number of benzene rings is 1. The van der Waals surface area contributed by atoms with Crippen LogP contribution in [-0.4, -0.2) is 27.6 Å². The summed E-state index contributed by atoms with van der Waals surface area (Å²) in [7, 11) is 0. The molecule has 26 heavy (non-hydrogen) atoms. The Hall–Kier alpha value is -2.66. The van der Waals surface area contributed by atoms with E-state index in [0.29, 0.717) is 34.9 Å². The first-order valence-corrected chi connectivity index (χ1v) is 8.99. The van der Waals surface area contributed by atoms with Crippen molar-refractivity contribution in [3.63, 3.8) is 0 Å². The van der Waals surface area contributed by atoms with Crippen molar-refractivity contribution in [2.45, 2.75) is 26.7 Å². The Kier molecular flexibility index (Phi) is 4.04. The maximum Gasteiger partial charge on any atom is 0.277 e. The molecule has 1 aromatic carbocycles. The number of carbonyl (C=O) groups is 2. The maximum absolute atomic E-state index is 13.3. The van der Waals surface area contributed by atoms with Crippen LogP contribution >= 0.6 is 11.6 Å². The average molecular weight is 368 g/mol. The minimum atomic E-state index is -0.0778. The number of ketones is 1. The molecular weight excluding hydrogens is 350 g/mol. The molecule has 1 aliphatic heterocycles. The molecule has 0 bridgehead atoms. The van der Waals surface area contributed by atoms with Gasteiger partial charge in [-0.15, -0.1) is 0 Å². The lowest BCUT2D eigenvalue weighted by atomic mass is 10.1. The molecule has 1 amide bonds. The third-order valence-electron chi connectivity index (χ3n) is 4.82. The van der Waals surface area contributed by atoms with E-state index in [1.54, 1.807) is 40.6 Å². The molecule has 0 saturated carbocycles. The van der Waals surface area contributed by atoms with Crippen LogP contribution in [0.2, 0.25) is 5.02 Å². The van der Waals surface area contributed by atoms with Crippen LogP contribution in [0.5, 0.6) is 0 Å². The van der Waals surface area contributed by atoms with E-state index in [2.05, 4.69) is 4.98 Å². The van der Waals surface area contributed by atoms with Crippen LogP contribution in [0.3, 0.4) is 0 Å². The number of imidazole rings is 1. The summed E-state index contributed by atoms with van der Waals surface area (Å²) in [6, 6.07) is 9.04. The monoisotopic (exact) mass is 367 g/mol. The summed E-state index contributed by atoms with van der Waals surface area (Å²) in [5, 5.41) is 0.590. The first kappa shape index (κ1) is 16.8. The second-order valence-electron chi connectivity index (χ2n) is 6.44. The van der Waals surface area contributed by atoms with Gasteiger partial charge in [-0.1, -0.05) is 18.5 Å². The summed E-state index contributed by atoms with van der Waals surface area (Å²) in [5.74, 6) is -0.0458. The third-order valence-corrected chi connectivity index (χ3v) is 5.06. The van der Waals surface area contributed by atoms with Gasteiger partial charge in [0.15, 0.2) is 5.78 Å². The van der Waals surface area contributed by atoms with Crippen LogP contribution in [0.1, 0.15) is 46.0 Å². The molecule has 0 atom stereocenters. The number of carbonyl (C=O) groups excluding carboxylic acids is 2. The first-order valence-electron chi connectivity index (χ1n) is 8.61. The van der Waals surface area contributed by atoms with Crippen molar-refractivity contribution in [2.24, 2.45) is 0 Å². The molecule has 6 heteroatoms. The highest BCUT2D eigenvalue weighted by Gasteiger charge is 2.30. The van der Waals surface area contributed by atoms with Crippen LogP contribution in [0.25, 0.3) is 5.65 Å². The van der Waals surface area contributed by atoms with Gasteiger partial charge >= 0.3 is 0 Å². The van der Waals surface area contributed by atoms with Crippen LogP contribution in [0, 0.1) is 0 Å². The molecule has 1 aliphatic rings. The lowest BCUT2D eigenvalue weighted by Crippen LogP contribution is -2.30. The Balaban J connectivity index is 1.79. The van der Waals surface area contributed by atoms with E-state index in [0.717, 1.165) is 23.4 Å². The third kappa shape index (κ3) is 2.59. The highest BCUT2D eigenvalue weighted by molar-refractivity contribution is 6.30. The topological polar surface area (TPSA) is 54.7 Å². The summed E-state index contributed by atoms with van der Waals surface area (Å²) in [6.07, 6.45) is 3.18. The number of rotatable bonds is 3. The largest absolute Gasteiger partial charge is 0.306 e. The molecule has 0 radical (unpaired) electrons. The lowest BCUT2D eigenvalue weighted by molar-refractivity contribution is 0.0981. The van der Waals surface area contributed by atoms with E-state index >= 15 is 0 Å². The summed E-state index contributed by atoms with van der Waals surface area (Å²) in [6.45, 7) is 4.13. The zero-order valence-electron chi connectivity index (χ0n) is 14.6. The van der Waals surface area contributed by atoms with Gasteiger partial charge in [0.25, 0.3) is 5.91 Å². The summed E-state index contributed by atoms with van der Waals surface area (Å²) in [5.41, 5.74) is 4.57. The number of pyridine rings is 1. The van der Waals surface area contributed by atoms with Crippen molar-refractivity contribution >= 4 is 34.6 Å². The van der Waals surface area contributed by atoms with Crippen LogP contribution < -0.4 is 4.90 Å². The molecule has 0 fully saturated rings. The van der Waals surface area contributed by atoms with Gasteiger partial charge in [0, 0.05) is 35.1 Å². The molecule has 0 N–H and O–H groups in total. The van der Waals surface area contributed by atoms with E-state index in [1.807, 2.05) is 19.1 Å². The number of aromatic nitrogens is 2. The molecule has 0 aliphatic carbocycles. The second-order valence-corrected chi connectivity index (χ2v) is 6.88. The quantitative estimate of drug-likeness (QED) is 0.658. The maximum atomic E-state index is 13.3. The minimum Gasteiger partial charge on any atom is -0.306 e. The Labute approximate surface area is 156 Å². The van der Waals surface area contributed by atoms with E-state index in [1.165, 1.54) is 0 Å². The molecule has 5 nitrogen and oxygen atoms in total. The number of hydrogen-bond acceptors (Lipinski definition) is 3. The zero-order valence-corrected chi connectivity index (χ0v) is 15.4. The second kappa shape index (κ2) is 6.25. The van der Waals surface area contributed by atoms with Gasteiger partial charge in [0.2, 0.25) is 0 Å². The number of fused-ring (bicyclic) bond motifs is 2. The van der Waals surface area contributed by atoms with E-state index in [4.69, 9.17) is 11.6 Å². The SMILES string of the molecule is CCc1nc2cc(Cl)ccn2c1C(=O)N1CCc2cc(C(C)=O)ccc21. The number of Topliss-reactive ketones (excluding diaryl/α,β-unsaturated/α-hetero) is 1. The number of aryl methyl sites for hydroxylation is 1. The van der Waals surface area contributed by atoms with Crippen molar-refractivity contribution in [1.82, 2.24) is 9.38 Å². The lowest BCUT2D eigenvalue weighted by Gasteiger charge is -2.18. The van der Waals surface area contributed by atoms with E-state index in [9.17, 15) is 9.59 Å². The molecule has 3 heterocycles. The Bertz CT molecular complexity index is 1050. The molecule has 2 aromatic heterocycles. The Morgan fingerprint density at radius 2 is 2.04 bits per heavy atom. The standard InChI is InChI=1S/C20H18ClN3O2/c1-3-16-19(24-9-7-15(21)11-18(24)22-16)20(26)23-8-6-14-10-13(12(2)25)4-5-17(14)23/h4-5,7,9-11H,3,6,8H2,1-2H3. The molecule has 0 saturated heterocycles. The summed E-state index contributed by atoms with van der Waals surface area (Å²) >= 11 is 6.06. The van der Waals surface area contributed by atoms with Gasteiger partial charge in [0.05, 0.1) is 5.69 Å². The zero-order chi connectivity index (χ0) is 18.4. The summed E-state index contributed by atoms with van der Waals surface area (Å²) < 4.78 is 1.80. The van der Waals surface area contributed by atoms with Gasteiger partial charge in [-0.3, -0.25) is 14.0 Å². The molecule has 3 aromatic rings. The Morgan fingerprint density at radius 1 is 1.23 bits per heavy atom. The minimum absolute atomic E-state index is 0.0320.